The first-order chi connectivity index (χ1) is 12.5. The Bertz CT molecular complexity index is 1010. The van der Waals surface area contributed by atoms with Crippen LogP contribution in [0.1, 0.15) is 29.6 Å². The average molecular weight is 350 g/mol. The second-order valence-electron chi connectivity index (χ2n) is 6.39. The van der Waals surface area contributed by atoms with Crippen molar-refractivity contribution < 1.29 is 4.79 Å². The van der Waals surface area contributed by atoms with Crippen molar-refractivity contribution in [1.29, 1.82) is 0 Å². The molecule has 0 radical (unpaired) electrons. The third-order valence-corrected chi connectivity index (χ3v) is 4.45. The SMILES string of the molecule is CCc1nc(C)c(CC(=O)N(C)Cc2ccc3ncccc3c2)c(=O)[nH]1. The quantitative estimate of drug-likeness (QED) is 0.766. The maximum atomic E-state index is 12.6. The number of carbonyl (C=O) groups excluding carboxylic acids is 1. The first-order valence-electron chi connectivity index (χ1n) is 8.64. The van der Waals surface area contributed by atoms with E-state index in [2.05, 4.69) is 15.0 Å². The van der Waals surface area contributed by atoms with E-state index in [0.717, 1.165) is 16.5 Å². The maximum Gasteiger partial charge on any atom is 0.254 e. The van der Waals surface area contributed by atoms with Crippen LogP contribution in [-0.2, 0) is 24.2 Å². The Morgan fingerprint density at radius 2 is 2.08 bits per heavy atom. The molecule has 1 amide bonds. The molecule has 0 aliphatic carbocycles. The van der Waals surface area contributed by atoms with Gasteiger partial charge in [-0.3, -0.25) is 14.6 Å². The van der Waals surface area contributed by atoms with Crippen molar-refractivity contribution in [2.75, 3.05) is 7.05 Å². The molecule has 0 aliphatic heterocycles. The summed E-state index contributed by atoms with van der Waals surface area (Å²) in [6.07, 6.45) is 2.46. The molecule has 0 bridgehead atoms. The number of nitrogens with zero attached hydrogens (tertiary/aromatic N) is 3. The van der Waals surface area contributed by atoms with Crippen molar-refractivity contribution in [2.45, 2.75) is 33.2 Å². The van der Waals surface area contributed by atoms with E-state index in [9.17, 15) is 9.59 Å². The van der Waals surface area contributed by atoms with Crippen molar-refractivity contribution >= 4 is 16.8 Å². The predicted molar refractivity (Wildman–Crippen MR) is 101 cm³/mol. The molecule has 134 valence electrons. The summed E-state index contributed by atoms with van der Waals surface area (Å²) in [5.41, 5.74) is 2.76. The largest absolute Gasteiger partial charge is 0.341 e. The number of aryl methyl sites for hydroxylation is 2. The summed E-state index contributed by atoms with van der Waals surface area (Å²) in [6, 6.07) is 9.84. The highest BCUT2D eigenvalue weighted by molar-refractivity contribution is 5.80. The van der Waals surface area contributed by atoms with Gasteiger partial charge in [0.15, 0.2) is 0 Å². The zero-order valence-electron chi connectivity index (χ0n) is 15.2. The Morgan fingerprint density at radius 3 is 2.81 bits per heavy atom. The highest BCUT2D eigenvalue weighted by Crippen LogP contribution is 2.15. The Kier molecular flexibility index (Phi) is 5.11. The fraction of sp³-hybridized carbons (Fsp3) is 0.300. The second-order valence-corrected chi connectivity index (χ2v) is 6.39. The van der Waals surface area contributed by atoms with Gasteiger partial charge in [0, 0.05) is 42.9 Å². The molecule has 2 heterocycles. The third-order valence-electron chi connectivity index (χ3n) is 4.45. The van der Waals surface area contributed by atoms with Gasteiger partial charge in [-0.2, -0.15) is 0 Å². The van der Waals surface area contributed by atoms with E-state index in [4.69, 9.17) is 0 Å². The van der Waals surface area contributed by atoms with Crippen molar-refractivity contribution in [3.05, 3.63) is 69.5 Å². The van der Waals surface area contributed by atoms with E-state index in [0.29, 0.717) is 30.0 Å². The predicted octanol–water partition coefficient (Wildman–Crippen LogP) is 2.39. The van der Waals surface area contributed by atoms with Gasteiger partial charge in [-0.25, -0.2) is 4.98 Å². The average Bonchev–Trinajstić information content (AvgIpc) is 2.64. The number of carbonyl (C=O) groups is 1. The highest BCUT2D eigenvalue weighted by atomic mass is 16.2. The molecule has 0 unspecified atom stereocenters. The fourth-order valence-corrected chi connectivity index (χ4v) is 2.92. The van der Waals surface area contributed by atoms with Gasteiger partial charge in [-0.05, 0) is 30.7 Å². The van der Waals surface area contributed by atoms with Gasteiger partial charge in [0.1, 0.15) is 5.82 Å². The number of nitrogens with one attached hydrogen (secondary N) is 1. The number of aromatic nitrogens is 3. The molecule has 0 aliphatic rings. The molecule has 26 heavy (non-hydrogen) atoms. The molecule has 0 spiro atoms. The topological polar surface area (TPSA) is 79.0 Å². The Balaban J connectivity index is 1.74. The standard InChI is InChI=1S/C20H22N4O2/c1-4-18-22-13(2)16(20(26)23-18)11-19(25)24(3)12-14-7-8-17-15(10-14)6-5-9-21-17/h5-10H,4,11-12H2,1-3H3,(H,22,23,26). The van der Waals surface area contributed by atoms with E-state index < -0.39 is 0 Å². The van der Waals surface area contributed by atoms with Crippen molar-refractivity contribution in [3.8, 4) is 0 Å². The highest BCUT2D eigenvalue weighted by Gasteiger charge is 2.16. The normalized spacial score (nSPS) is 10.9. The molecule has 0 saturated heterocycles. The summed E-state index contributed by atoms with van der Waals surface area (Å²) >= 11 is 0. The van der Waals surface area contributed by atoms with Crippen molar-refractivity contribution in [3.63, 3.8) is 0 Å². The van der Waals surface area contributed by atoms with Crippen LogP contribution >= 0.6 is 0 Å². The number of hydrogen-bond acceptors (Lipinski definition) is 4. The number of aromatic amines is 1. The zero-order chi connectivity index (χ0) is 18.7. The maximum absolute atomic E-state index is 12.6. The van der Waals surface area contributed by atoms with E-state index in [-0.39, 0.29) is 17.9 Å². The Hall–Kier alpha value is -3.02. The van der Waals surface area contributed by atoms with Gasteiger partial charge in [0.2, 0.25) is 5.91 Å². The molecule has 1 aromatic carbocycles. The van der Waals surface area contributed by atoms with Crippen LogP contribution in [0.15, 0.2) is 41.3 Å². The van der Waals surface area contributed by atoms with Gasteiger partial charge >= 0.3 is 0 Å². The summed E-state index contributed by atoms with van der Waals surface area (Å²) in [5.74, 6) is 0.526. The molecule has 0 atom stereocenters. The molecule has 1 N–H and O–H groups in total. The minimum Gasteiger partial charge on any atom is -0.341 e. The summed E-state index contributed by atoms with van der Waals surface area (Å²) in [4.78, 5) is 37.8. The number of fused-ring (bicyclic) bond motifs is 1. The van der Waals surface area contributed by atoms with E-state index in [1.807, 2.05) is 37.3 Å². The monoisotopic (exact) mass is 350 g/mol. The van der Waals surface area contributed by atoms with E-state index in [1.165, 1.54) is 0 Å². The van der Waals surface area contributed by atoms with Crippen molar-refractivity contribution in [2.24, 2.45) is 0 Å². The van der Waals surface area contributed by atoms with Crippen LogP contribution in [0, 0.1) is 6.92 Å². The van der Waals surface area contributed by atoms with Gasteiger partial charge < -0.3 is 9.88 Å². The van der Waals surface area contributed by atoms with Gasteiger partial charge in [-0.1, -0.05) is 19.1 Å². The smallest absolute Gasteiger partial charge is 0.254 e. The number of benzene rings is 1. The molecule has 3 aromatic rings. The van der Waals surface area contributed by atoms with Crippen LogP contribution in [0.2, 0.25) is 0 Å². The van der Waals surface area contributed by atoms with E-state index in [1.54, 1.807) is 25.1 Å². The molecule has 0 saturated carbocycles. The molecule has 6 nitrogen and oxygen atoms in total. The lowest BCUT2D eigenvalue weighted by Crippen LogP contribution is -2.31. The van der Waals surface area contributed by atoms with Crippen LogP contribution in [0.5, 0.6) is 0 Å². The number of hydrogen-bond donors (Lipinski definition) is 1. The summed E-state index contributed by atoms with van der Waals surface area (Å²) in [5, 5.41) is 1.04. The summed E-state index contributed by atoms with van der Waals surface area (Å²) in [7, 11) is 1.74. The van der Waals surface area contributed by atoms with Gasteiger partial charge in [0.05, 0.1) is 11.9 Å². The summed E-state index contributed by atoms with van der Waals surface area (Å²) in [6.45, 7) is 4.17. The Morgan fingerprint density at radius 1 is 1.27 bits per heavy atom. The third kappa shape index (κ3) is 3.79. The number of likely N-dealkylation sites (N-methyl/N-ethyl adjacent to an activating group) is 1. The molecular weight excluding hydrogens is 328 g/mol. The summed E-state index contributed by atoms with van der Waals surface area (Å²) < 4.78 is 0. The zero-order valence-corrected chi connectivity index (χ0v) is 15.2. The van der Waals surface area contributed by atoms with Gasteiger partial charge in [-0.15, -0.1) is 0 Å². The molecule has 6 heteroatoms. The van der Waals surface area contributed by atoms with Crippen molar-refractivity contribution in [1.82, 2.24) is 19.9 Å². The van der Waals surface area contributed by atoms with Crippen LogP contribution in [-0.4, -0.2) is 32.8 Å². The number of pyridine rings is 1. The molecule has 3 rings (SSSR count). The van der Waals surface area contributed by atoms with Crippen LogP contribution in [0.3, 0.4) is 0 Å². The molecular formula is C20H22N4O2. The first kappa shape index (κ1) is 17.8. The van der Waals surface area contributed by atoms with Crippen LogP contribution < -0.4 is 5.56 Å². The lowest BCUT2D eigenvalue weighted by molar-refractivity contribution is -0.129. The molecule has 2 aromatic heterocycles. The van der Waals surface area contributed by atoms with Gasteiger partial charge in [0.25, 0.3) is 5.56 Å². The molecule has 0 fully saturated rings. The van der Waals surface area contributed by atoms with Crippen LogP contribution in [0.25, 0.3) is 10.9 Å². The second kappa shape index (κ2) is 7.47. The number of rotatable bonds is 5. The number of H-pyrrole nitrogens is 1. The minimum atomic E-state index is -0.229. The van der Waals surface area contributed by atoms with E-state index >= 15 is 0 Å². The number of amides is 1. The lowest BCUT2D eigenvalue weighted by Gasteiger charge is -2.18. The lowest BCUT2D eigenvalue weighted by atomic mass is 10.1. The Labute approximate surface area is 151 Å². The minimum absolute atomic E-state index is 0.0454. The first-order valence-corrected chi connectivity index (χ1v) is 8.64. The van der Waals surface area contributed by atoms with Crippen LogP contribution in [0.4, 0.5) is 0 Å². The fourth-order valence-electron chi connectivity index (χ4n) is 2.92.